The topological polar surface area (TPSA) is 68.0 Å². The van der Waals surface area contributed by atoms with Crippen molar-refractivity contribution >= 4 is 11.6 Å². The Morgan fingerprint density at radius 2 is 2.06 bits per heavy atom. The second kappa shape index (κ2) is 4.59. The molecule has 2 aliphatic carbocycles. The summed E-state index contributed by atoms with van der Waals surface area (Å²) in [5.41, 5.74) is 6.55. The van der Waals surface area contributed by atoms with E-state index in [0.29, 0.717) is 17.3 Å². The zero-order valence-corrected chi connectivity index (χ0v) is 10.4. The van der Waals surface area contributed by atoms with Gasteiger partial charge in [0.05, 0.1) is 5.69 Å². The maximum Gasteiger partial charge on any atom is 0.272 e. The fourth-order valence-corrected chi connectivity index (χ4v) is 2.67. The molecule has 1 heterocycles. The standard InChI is InChI=1S/C14H19N3O/c15-12-2-1-7-16-13(12)14(18)17-8-11(9-3-4-9)10-5-6-10/h1-2,7,9-11H,3-6,8,15H2,(H,17,18). The number of aromatic nitrogens is 1. The molecule has 0 spiro atoms. The van der Waals surface area contributed by atoms with Gasteiger partial charge in [0, 0.05) is 12.7 Å². The van der Waals surface area contributed by atoms with Gasteiger partial charge in [-0.25, -0.2) is 4.98 Å². The summed E-state index contributed by atoms with van der Waals surface area (Å²) in [4.78, 5) is 16.0. The number of carbonyl (C=O) groups excluding carboxylic acids is 1. The van der Waals surface area contributed by atoms with Crippen molar-refractivity contribution in [2.75, 3.05) is 12.3 Å². The zero-order valence-electron chi connectivity index (χ0n) is 10.4. The number of carbonyl (C=O) groups is 1. The van der Waals surface area contributed by atoms with E-state index in [4.69, 9.17) is 5.73 Å². The number of pyridine rings is 1. The Morgan fingerprint density at radius 3 is 2.61 bits per heavy atom. The maximum atomic E-state index is 12.0. The van der Waals surface area contributed by atoms with Crippen molar-refractivity contribution in [1.82, 2.24) is 10.3 Å². The summed E-state index contributed by atoms with van der Waals surface area (Å²) in [5, 5.41) is 3.00. The molecular formula is C14H19N3O. The molecule has 0 radical (unpaired) electrons. The van der Waals surface area contributed by atoms with Crippen molar-refractivity contribution < 1.29 is 4.79 Å². The van der Waals surface area contributed by atoms with Crippen LogP contribution in [0.4, 0.5) is 5.69 Å². The molecule has 0 bridgehead atoms. The first-order valence-electron chi connectivity index (χ1n) is 6.74. The van der Waals surface area contributed by atoms with Crippen molar-refractivity contribution in [3.63, 3.8) is 0 Å². The molecular weight excluding hydrogens is 226 g/mol. The van der Waals surface area contributed by atoms with Crippen LogP contribution in [0.2, 0.25) is 0 Å². The highest BCUT2D eigenvalue weighted by Crippen LogP contribution is 2.48. The molecule has 0 atom stereocenters. The monoisotopic (exact) mass is 245 g/mol. The molecule has 18 heavy (non-hydrogen) atoms. The van der Waals surface area contributed by atoms with E-state index in [1.165, 1.54) is 25.7 Å². The van der Waals surface area contributed by atoms with Gasteiger partial charge in [0.1, 0.15) is 0 Å². The Labute approximate surface area is 107 Å². The Morgan fingerprint density at radius 1 is 1.39 bits per heavy atom. The quantitative estimate of drug-likeness (QED) is 0.831. The first-order chi connectivity index (χ1) is 8.75. The number of anilines is 1. The number of nitrogen functional groups attached to an aromatic ring is 1. The highest BCUT2D eigenvalue weighted by Gasteiger charge is 2.41. The van der Waals surface area contributed by atoms with Crippen LogP contribution in [-0.4, -0.2) is 17.4 Å². The highest BCUT2D eigenvalue weighted by molar-refractivity contribution is 5.96. The van der Waals surface area contributed by atoms with Crippen molar-refractivity contribution in [3.05, 3.63) is 24.0 Å². The molecule has 96 valence electrons. The largest absolute Gasteiger partial charge is 0.397 e. The number of hydrogen-bond donors (Lipinski definition) is 2. The maximum absolute atomic E-state index is 12.0. The second-order valence-corrected chi connectivity index (χ2v) is 5.49. The molecule has 2 aliphatic rings. The summed E-state index contributed by atoms with van der Waals surface area (Å²) in [5.74, 6) is 2.23. The van der Waals surface area contributed by atoms with E-state index >= 15 is 0 Å². The summed E-state index contributed by atoms with van der Waals surface area (Å²) < 4.78 is 0. The van der Waals surface area contributed by atoms with E-state index in [0.717, 1.165) is 18.4 Å². The van der Waals surface area contributed by atoms with Crippen LogP contribution >= 0.6 is 0 Å². The summed E-state index contributed by atoms with van der Waals surface area (Å²) >= 11 is 0. The number of rotatable bonds is 5. The smallest absolute Gasteiger partial charge is 0.272 e. The van der Waals surface area contributed by atoms with Gasteiger partial charge in [0.2, 0.25) is 0 Å². The minimum Gasteiger partial charge on any atom is -0.397 e. The third kappa shape index (κ3) is 2.47. The Hall–Kier alpha value is -1.58. The van der Waals surface area contributed by atoms with Crippen molar-refractivity contribution in [1.29, 1.82) is 0 Å². The van der Waals surface area contributed by atoms with Gasteiger partial charge in [-0.05, 0) is 55.6 Å². The Kier molecular flexibility index (Phi) is 2.94. The molecule has 0 aliphatic heterocycles. The number of nitrogens with two attached hydrogens (primary N) is 1. The van der Waals surface area contributed by atoms with Crippen LogP contribution < -0.4 is 11.1 Å². The summed E-state index contributed by atoms with van der Waals surface area (Å²) in [7, 11) is 0. The summed E-state index contributed by atoms with van der Waals surface area (Å²) in [6.45, 7) is 0.782. The predicted octanol–water partition coefficient (Wildman–Crippen LogP) is 1.83. The normalized spacial score (nSPS) is 18.9. The molecule has 2 saturated carbocycles. The molecule has 1 aromatic rings. The van der Waals surface area contributed by atoms with Crippen molar-refractivity contribution in [3.8, 4) is 0 Å². The van der Waals surface area contributed by atoms with Crippen LogP contribution in [0.25, 0.3) is 0 Å². The van der Waals surface area contributed by atoms with Gasteiger partial charge in [-0.3, -0.25) is 4.79 Å². The van der Waals surface area contributed by atoms with Gasteiger partial charge in [-0.15, -0.1) is 0 Å². The van der Waals surface area contributed by atoms with Crippen LogP contribution in [0.3, 0.4) is 0 Å². The average molecular weight is 245 g/mol. The molecule has 3 N–H and O–H groups in total. The SMILES string of the molecule is Nc1cccnc1C(=O)NCC(C1CC1)C1CC1. The number of amides is 1. The number of nitrogens with one attached hydrogen (secondary N) is 1. The molecule has 3 rings (SSSR count). The molecule has 1 amide bonds. The Bertz CT molecular complexity index is 440. The first kappa shape index (κ1) is 11.5. The van der Waals surface area contributed by atoms with Crippen LogP contribution in [0.15, 0.2) is 18.3 Å². The summed E-state index contributed by atoms with van der Waals surface area (Å²) in [6, 6.07) is 3.45. The molecule has 1 aromatic heterocycles. The van der Waals surface area contributed by atoms with E-state index in [2.05, 4.69) is 10.3 Å². The second-order valence-electron chi connectivity index (χ2n) is 5.49. The fraction of sp³-hybridized carbons (Fsp3) is 0.571. The lowest BCUT2D eigenvalue weighted by Gasteiger charge is -2.16. The zero-order chi connectivity index (χ0) is 12.5. The minimum absolute atomic E-state index is 0.139. The molecule has 0 unspecified atom stereocenters. The molecule has 2 fully saturated rings. The third-order valence-corrected chi connectivity index (χ3v) is 4.01. The van der Waals surface area contributed by atoms with Gasteiger partial charge in [-0.1, -0.05) is 0 Å². The van der Waals surface area contributed by atoms with Crippen molar-refractivity contribution in [2.45, 2.75) is 25.7 Å². The van der Waals surface area contributed by atoms with Gasteiger partial charge in [0.15, 0.2) is 5.69 Å². The highest BCUT2D eigenvalue weighted by atomic mass is 16.1. The molecule has 4 heteroatoms. The third-order valence-electron chi connectivity index (χ3n) is 4.01. The minimum atomic E-state index is -0.139. The number of nitrogens with zero attached hydrogens (tertiary/aromatic N) is 1. The lowest BCUT2D eigenvalue weighted by Crippen LogP contribution is -2.32. The van der Waals surface area contributed by atoms with E-state index in [1.54, 1.807) is 18.3 Å². The van der Waals surface area contributed by atoms with Gasteiger partial charge in [-0.2, -0.15) is 0 Å². The molecule has 4 nitrogen and oxygen atoms in total. The van der Waals surface area contributed by atoms with Crippen molar-refractivity contribution in [2.24, 2.45) is 17.8 Å². The predicted molar refractivity (Wildman–Crippen MR) is 69.9 cm³/mol. The van der Waals surface area contributed by atoms with E-state index < -0.39 is 0 Å². The fourth-order valence-electron chi connectivity index (χ4n) is 2.67. The van der Waals surface area contributed by atoms with E-state index in [9.17, 15) is 4.79 Å². The van der Waals surface area contributed by atoms with Crippen LogP contribution in [0.5, 0.6) is 0 Å². The van der Waals surface area contributed by atoms with E-state index in [-0.39, 0.29) is 5.91 Å². The lowest BCUT2D eigenvalue weighted by molar-refractivity contribution is 0.0939. The molecule has 0 aromatic carbocycles. The van der Waals surface area contributed by atoms with Crippen LogP contribution in [0, 0.1) is 17.8 Å². The summed E-state index contributed by atoms with van der Waals surface area (Å²) in [6.07, 6.45) is 6.95. The Balaban J connectivity index is 1.59. The average Bonchev–Trinajstić information content (AvgIpc) is 3.24. The first-order valence-corrected chi connectivity index (χ1v) is 6.74. The van der Waals surface area contributed by atoms with Gasteiger partial charge < -0.3 is 11.1 Å². The van der Waals surface area contributed by atoms with Gasteiger partial charge >= 0.3 is 0 Å². The van der Waals surface area contributed by atoms with Crippen LogP contribution in [0.1, 0.15) is 36.2 Å². The van der Waals surface area contributed by atoms with E-state index in [1.807, 2.05) is 0 Å². The van der Waals surface area contributed by atoms with Gasteiger partial charge in [0.25, 0.3) is 5.91 Å². The lowest BCUT2D eigenvalue weighted by atomic mass is 9.98. The molecule has 0 saturated heterocycles. The van der Waals surface area contributed by atoms with Crippen LogP contribution in [-0.2, 0) is 0 Å². The number of hydrogen-bond acceptors (Lipinski definition) is 3.